The SMILES string of the molecule is C#Cc1cc(CN2C3CC2CN(c2ccc(-c4cc(OCC(C)(C)O)cn5ncc(C#N)c45)cn2)C3)ccn1. The van der Waals surface area contributed by atoms with E-state index in [1.165, 1.54) is 12.0 Å². The van der Waals surface area contributed by atoms with Gasteiger partial charge < -0.3 is 14.7 Å². The van der Waals surface area contributed by atoms with Crippen LogP contribution in [0.1, 0.15) is 37.1 Å². The van der Waals surface area contributed by atoms with E-state index in [0.29, 0.717) is 34.6 Å². The van der Waals surface area contributed by atoms with Crippen LogP contribution < -0.4 is 9.64 Å². The van der Waals surface area contributed by atoms with Crippen molar-refractivity contribution in [1.82, 2.24) is 24.5 Å². The molecule has 9 nitrogen and oxygen atoms in total. The Kier molecular flexibility index (Phi) is 6.19. The van der Waals surface area contributed by atoms with E-state index in [2.05, 4.69) is 31.9 Å². The van der Waals surface area contributed by atoms with Crippen LogP contribution in [0.5, 0.6) is 5.75 Å². The molecule has 2 atom stereocenters. The Bertz CT molecular complexity index is 1600. The van der Waals surface area contributed by atoms with Gasteiger partial charge in [0.25, 0.3) is 0 Å². The van der Waals surface area contributed by atoms with Crippen molar-refractivity contribution in [2.75, 3.05) is 24.6 Å². The summed E-state index contributed by atoms with van der Waals surface area (Å²) in [6.07, 6.45) is 13.6. The molecule has 4 aromatic heterocycles. The lowest BCUT2D eigenvalue weighted by atomic mass is 9.86. The second kappa shape index (κ2) is 9.70. The second-order valence-electron chi connectivity index (χ2n) is 10.9. The number of fused-ring (bicyclic) bond motifs is 3. The number of pyridine rings is 3. The largest absolute Gasteiger partial charge is 0.489 e. The van der Waals surface area contributed by atoms with Gasteiger partial charge in [0.2, 0.25) is 0 Å². The van der Waals surface area contributed by atoms with E-state index >= 15 is 0 Å². The summed E-state index contributed by atoms with van der Waals surface area (Å²) < 4.78 is 7.49. The summed E-state index contributed by atoms with van der Waals surface area (Å²) in [4.78, 5) is 13.9. The van der Waals surface area contributed by atoms with Gasteiger partial charge in [0.1, 0.15) is 29.9 Å². The number of ether oxygens (including phenoxy) is 1. The molecule has 0 aliphatic carbocycles. The maximum atomic E-state index is 10.1. The van der Waals surface area contributed by atoms with Gasteiger partial charge in [-0.1, -0.05) is 5.92 Å². The average Bonchev–Trinajstić information content (AvgIpc) is 3.37. The van der Waals surface area contributed by atoms with E-state index in [1.54, 1.807) is 37.0 Å². The minimum absolute atomic E-state index is 0.127. The van der Waals surface area contributed by atoms with Crippen LogP contribution in [0.4, 0.5) is 5.82 Å². The highest BCUT2D eigenvalue weighted by Crippen LogP contribution is 2.36. The van der Waals surface area contributed by atoms with Crippen LogP contribution in [0.15, 0.2) is 55.1 Å². The molecule has 0 spiro atoms. The molecule has 196 valence electrons. The van der Waals surface area contributed by atoms with Gasteiger partial charge in [0.15, 0.2) is 0 Å². The summed E-state index contributed by atoms with van der Waals surface area (Å²) in [6.45, 7) is 6.22. The minimum Gasteiger partial charge on any atom is -0.489 e. The number of hydrogen-bond donors (Lipinski definition) is 1. The molecule has 3 aliphatic heterocycles. The van der Waals surface area contributed by atoms with E-state index in [4.69, 9.17) is 16.1 Å². The van der Waals surface area contributed by atoms with Crippen molar-refractivity contribution in [1.29, 1.82) is 5.26 Å². The van der Waals surface area contributed by atoms with Crippen LogP contribution in [0.2, 0.25) is 0 Å². The molecule has 7 heterocycles. The summed E-state index contributed by atoms with van der Waals surface area (Å²) >= 11 is 0. The van der Waals surface area contributed by atoms with E-state index in [9.17, 15) is 10.4 Å². The molecule has 7 rings (SSSR count). The maximum absolute atomic E-state index is 10.1. The Hall–Kier alpha value is -4.44. The van der Waals surface area contributed by atoms with E-state index in [0.717, 1.165) is 36.6 Å². The first kappa shape index (κ1) is 24.9. The minimum atomic E-state index is -0.978. The summed E-state index contributed by atoms with van der Waals surface area (Å²) in [5.74, 6) is 4.11. The van der Waals surface area contributed by atoms with Crippen LogP contribution in [0, 0.1) is 23.7 Å². The Morgan fingerprint density at radius 2 is 1.97 bits per heavy atom. The first-order chi connectivity index (χ1) is 18.8. The molecule has 0 amide bonds. The average molecular weight is 520 g/mol. The van der Waals surface area contributed by atoms with E-state index < -0.39 is 5.60 Å². The predicted octanol–water partition coefficient (Wildman–Crippen LogP) is 3.26. The number of aliphatic hydroxyl groups is 1. The molecule has 0 saturated carbocycles. The normalized spacial score (nSPS) is 18.8. The van der Waals surface area contributed by atoms with Crippen molar-refractivity contribution in [2.24, 2.45) is 0 Å². The topological polar surface area (TPSA) is 103 Å². The molecule has 1 N–H and O–H groups in total. The predicted molar refractivity (Wildman–Crippen MR) is 147 cm³/mol. The third-order valence-electron chi connectivity index (χ3n) is 7.36. The van der Waals surface area contributed by atoms with Crippen molar-refractivity contribution in [3.05, 3.63) is 71.9 Å². The fourth-order valence-electron chi connectivity index (χ4n) is 5.47. The molecule has 9 heteroatoms. The van der Waals surface area contributed by atoms with Crippen LogP contribution in [0.3, 0.4) is 0 Å². The molecule has 4 aromatic rings. The molecular formula is C30H29N7O2. The quantitative estimate of drug-likeness (QED) is 0.371. The third kappa shape index (κ3) is 4.90. The molecule has 0 aromatic carbocycles. The van der Waals surface area contributed by atoms with Gasteiger partial charge in [-0.05, 0) is 56.2 Å². The molecule has 2 bridgehead atoms. The molecule has 39 heavy (non-hydrogen) atoms. The highest BCUT2D eigenvalue weighted by molar-refractivity contribution is 5.85. The van der Waals surface area contributed by atoms with E-state index in [-0.39, 0.29) is 6.61 Å². The number of piperidine rings is 1. The summed E-state index contributed by atoms with van der Waals surface area (Å²) in [5.41, 5.74) is 3.72. The van der Waals surface area contributed by atoms with Crippen molar-refractivity contribution in [2.45, 2.75) is 44.5 Å². The van der Waals surface area contributed by atoms with Gasteiger partial charge in [-0.2, -0.15) is 10.4 Å². The molecule has 3 aliphatic rings. The Morgan fingerprint density at radius 3 is 2.67 bits per heavy atom. The number of anilines is 1. The monoisotopic (exact) mass is 519 g/mol. The number of nitrogens with zero attached hydrogens (tertiary/aromatic N) is 7. The van der Waals surface area contributed by atoms with Gasteiger partial charge in [-0.15, -0.1) is 6.42 Å². The van der Waals surface area contributed by atoms with Crippen molar-refractivity contribution in [3.8, 4) is 35.3 Å². The molecule has 3 saturated heterocycles. The number of hydrogen-bond acceptors (Lipinski definition) is 8. The Balaban J connectivity index is 1.20. The molecular weight excluding hydrogens is 490 g/mol. The summed E-state index contributed by atoms with van der Waals surface area (Å²) in [6, 6.07) is 13.1. The molecule has 0 radical (unpaired) electrons. The zero-order valence-corrected chi connectivity index (χ0v) is 21.9. The number of aromatic nitrogens is 4. The second-order valence-corrected chi connectivity index (χ2v) is 10.9. The van der Waals surface area contributed by atoms with Crippen molar-refractivity contribution < 1.29 is 9.84 Å². The van der Waals surface area contributed by atoms with Crippen molar-refractivity contribution >= 4 is 11.3 Å². The number of rotatable bonds is 7. The first-order valence-electron chi connectivity index (χ1n) is 13.0. The summed E-state index contributed by atoms with van der Waals surface area (Å²) in [5, 5.41) is 24.1. The third-order valence-corrected chi connectivity index (χ3v) is 7.36. The zero-order valence-electron chi connectivity index (χ0n) is 21.9. The van der Waals surface area contributed by atoms with Gasteiger partial charge >= 0.3 is 0 Å². The smallest absolute Gasteiger partial charge is 0.138 e. The molecule has 3 fully saturated rings. The lowest BCUT2D eigenvalue weighted by Crippen LogP contribution is -2.68. The molecule has 2 unspecified atom stereocenters. The standard InChI is InChI=1S/C30H29N7O2/c1-4-23-9-20(7-8-32-23)15-36-24-10-25(36)17-35(16-24)28-6-5-21(13-33-28)27-11-26(39-19-30(2,3)38)18-37-29(27)22(12-31)14-34-37/h1,5-9,11,13-14,18,24-25,38H,10,15-17,19H2,2-3H3. The number of nitriles is 1. The summed E-state index contributed by atoms with van der Waals surface area (Å²) in [7, 11) is 0. The van der Waals surface area contributed by atoms with Gasteiger partial charge in [-0.3, -0.25) is 4.90 Å². The number of piperazine rings is 1. The zero-order chi connectivity index (χ0) is 27.1. The van der Waals surface area contributed by atoms with Gasteiger partial charge in [-0.25, -0.2) is 14.5 Å². The van der Waals surface area contributed by atoms with Gasteiger partial charge in [0.05, 0.1) is 29.1 Å². The van der Waals surface area contributed by atoms with Crippen LogP contribution in [-0.2, 0) is 6.54 Å². The van der Waals surface area contributed by atoms with Crippen LogP contribution in [-0.4, -0.2) is 67.0 Å². The fraction of sp³-hybridized carbons (Fsp3) is 0.333. The number of terminal acetylenes is 1. The van der Waals surface area contributed by atoms with Crippen LogP contribution >= 0.6 is 0 Å². The lowest BCUT2D eigenvalue weighted by Gasteiger charge is -2.56. The Labute approximate surface area is 227 Å². The highest BCUT2D eigenvalue weighted by Gasteiger charge is 2.44. The van der Waals surface area contributed by atoms with Crippen molar-refractivity contribution in [3.63, 3.8) is 0 Å². The van der Waals surface area contributed by atoms with Gasteiger partial charge in [0, 0.05) is 55.2 Å². The van der Waals surface area contributed by atoms with E-state index in [1.807, 2.05) is 36.5 Å². The Morgan fingerprint density at radius 1 is 1.15 bits per heavy atom. The maximum Gasteiger partial charge on any atom is 0.138 e. The fourth-order valence-corrected chi connectivity index (χ4v) is 5.47. The lowest BCUT2D eigenvalue weighted by molar-refractivity contribution is -0.00870. The first-order valence-corrected chi connectivity index (χ1v) is 13.0. The highest BCUT2D eigenvalue weighted by atomic mass is 16.5. The van der Waals surface area contributed by atoms with Crippen LogP contribution in [0.25, 0.3) is 16.6 Å².